The van der Waals surface area contributed by atoms with Gasteiger partial charge in [-0.3, -0.25) is 0 Å². The van der Waals surface area contributed by atoms with Gasteiger partial charge in [-0.2, -0.15) is 0 Å². The summed E-state index contributed by atoms with van der Waals surface area (Å²) in [6, 6.07) is 0. The maximum absolute atomic E-state index is 5.92. The van der Waals surface area contributed by atoms with Gasteiger partial charge in [0.2, 0.25) is 0 Å². The first-order valence-electron chi connectivity index (χ1n) is 6.41. The van der Waals surface area contributed by atoms with Crippen molar-refractivity contribution in [3.05, 3.63) is 0 Å². The molecule has 3 rings (SSSR count). The van der Waals surface area contributed by atoms with E-state index in [1.807, 2.05) is 0 Å². The van der Waals surface area contributed by atoms with Crippen molar-refractivity contribution in [2.24, 2.45) is 29.6 Å². The predicted octanol–water partition coefficient (Wildman–Crippen LogP) is 3.09. The molecule has 0 saturated heterocycles. The Balaban J connectivity index is 1.75. The molecule has 0 aromatic carbocycles. The highest BCUT2D eigenvalue weighted by molar-refractivity contribution is 5.05. The van der Waals surface area contributed by atoms with Crippen molar-refractivity contribution in [3.63, 3.8) is 0 Å². The molecule has 0 aliphatic heterocycles. The van der Waals surface area contributed by atoms with E-state index >= 15 is 0 Å². The Hall–Kier alpha value is -0.0400. The molecule has 3 fully saturated rings. The third-order valence-corrected chi connectivity index (χ3v) is 4.96. The standard InChI is InChI=1S/C13H22O/c1-3-14-12-7-10-6-9-4-8(2)5-11(12)13(9)10/h8-13H,3-7H2,1-2H3. The highest BCUT2D eigenvalue weighted by Crippen LogP contribution is 2.61. The van der Waals surface area contributed by atoms with Crippen LogP contribution in [0.1, 0.15) is 39.5 Å². The van der Waals surface area contributed by atoms with Gasteiger partial charge in [-0.05, 0) is 62.2 Å². The maximum atomic E-state index is 5.92. The molecular weight excluding hydrogens is 172 g/mol. The summed E-state index contributed by atoms with van der Waals surface area (Å²) in [6.07, 6.45) is 6.49. The van der Waals surface area contributed by atoms with E-state index in [1.165, 1.54) is 25.7 Å². The summed E-state index contributed by atoms with van der Waals surface area (Å²) in [6.45, 7) is 5.49. The monoisotopic (exact) mass is 194 g/mol. The average molecular weight is 194 g/mol. The highest BCUT2D eigenvalue weighted by Gasteiger charge is 2.56. The van der Waals surface area contributed by atoms with E-state index in [-0.39, 0.29) is 0 Å². The number of ether oxygens (including phenoxy) is 1. The van der Waals surface area contributed by atoms with Crippen molar-refractivity contribution < 1.29 is 4.74 Å². The van der Waals surface area contributed by atoms with Gasteiger partial charge in [0.25, 0.3) is 0 Å². The van der Waals surface area contributed by atoms with Crippen LogP contribution in [0.25, 0.3) is 0 Å². The van der Waals surface area contributed by atoms with E-state index in [1.54, 1.807) is 0 Å². The Kier molecular flexibility index (Phi) is 2.12. The molecule has 1 heteroatoms. The van der Waals surface area contributed by atoms with Crippen molar-refractivity contribution in [3.8, 4) is 0 Å². The van der Waals surface area contributed by atoms with Crippen LogP contribution in [0.4, 0.5) is 0 Å². The first kappa shape index (κ1) is 9.21. The molecular formula is C13H22O. The van der Waals surface area contributed by atoms with E-state index < -0.39 is 0 Å². The molecule has 0 bridgehead atoms. The van der Waals surface area contributed by atoms with E-state index in [2.05, 4.69) is 13.8 Å². The quantitative estimate of drug-likeness (QED) is 0.656. The highest BCUT2D eigenvalue weighted by atomic mass is 16.5. The summed E-state index contributed by atoms with van der Waals surface area (Å²) in [4.78, 5) is 0. The minimum atomic E-state index is 0.628. The van der Waals surface area contributed by atoms with Crippen molar-refractivity contribution in [1.82, 2.24) is 0 Å². The average Bonchev–Trinajstić information content (AvgIpc) is 2.40. The van der Waals surface area contributed by atoms with Crippen molar-refractivity contribution in [2.45, 2.75) is 45.6 Å². The summed E-state index contributed by atoms with van der Waals surface area (Å²) >= 11 is 0. The summed E-state index contributed by atoms with van der Waals surface area (Å²) in [7, 11) is 0. The topological polar surface area (TPSA) is 9.23 Å². The van der Waals surface area contributed by atoms with Crippen molar-refractivity contribution >= 4 is 0 Å². The van der Waals surface area contributed by atoms with Gasteiger partial charge in [0.15, 0.2) is 0 Å². The van der Waals surface area contributed by atoms with Gasteiger partial charge in [-0.25, -0.2) is 0 Å². The van der Waals surface area contributed by atoms with E-state index in [0.717, 1.165) is 36.2 Å². The third kappa shape index (κ3) is 1.18. The first-order valence-corrected chi connectivity index (χ1v) is 6.41. The molecule has 0 heterocycles. The molecule has 1 nitrogen and oxygen atoms in total. The number of hydrogen-bond acceptors (Lipinski definition) is 1. The second kappa shape index (κ2) is 3.23. The van der Waals surface area contributed by atoms with Gasteiger partial charge in [-0.15, -0.1) is 0 Å². The molecule has 6 unspecified atom stereocenters. The molecule has 0 N–H and O–H groups in total. The normalized spacial score (nSPS) is 55.3. The van der Waals surface area contributed by atoms with Gasteiger partial charge < -0.3 is 4.74 Å². The molecule has 14 heavy (non-hydrogen) atoms. The zero-order valence-corrected chi connectivity index (χ0v) is 9.41. The molecule has 3 aliphatic rings. The Morgan fingerprint density at radius 2 is 1.86 bits per heavy atom. The lowest BCUT2D eigenvalue weighted by Crippen LogP contribution is -2.42. The zero-order valence-electron chi connectivity index (χ0n) is 9.41. The summed E-state index contributed by atoms with van der Waals surface area (Å²) in [5.41, 5.74) is 0. The van der Waals surface area contributed by atoms with E-state index in [9.17, 15) is 0 Å². The van der Waals surface area contributed by atoms with Gasteiger partial charge in [0.05, 0.1) is 6.10 Å². The first-order chi connectivity index (χ1) is 6.79. The molecule has 0 aromatic heterocycles. The Bertz CT molecular complexity index is 225. The molecule has 0 amide bonds. The van der Waals surface area contributed by atoms with Crippen LogP contribution in [0.2, 0.25) is 0 Å². The molecule has 3 saturated carbocycles. The predicted molar refractivity (Wildman–Crippen MR) is 57.0 cm³/mol. The number of hydrogen-bond donors (Lipinski definition) is 0. The third-order valence-electron chi connectivity index (χ3n) is 4.96. The van der Waals surface area contributed by atoms with Crippen LogP contribution in [0.5, 0.6) is 0 Å². The second-order valence-corrected chi connectivity index (χ2v) is 5.80. The molecule has 0 aromatic rings. The van der Waals surface area contributed by atoms with Crippen LogP contribution in [-0.2, 0) is 4.74 Å². The van der Waals surface area contributed by atoms with Crippen molar-refractivity contribution in [1.29, 1.82) is 0 Å². The minimum absolute atomic E-state index is 0.628. The van der Waals surface area contributed by atoms with E-state index in [0.29, 0.717) is 6.10 Å². The Labute approximate surface area is 87.2 Å². The van der Waals surface area contributed by atoms with Crippen LogP contribution in [0.3, 0.4) is 0 Å². The molecule has 0 radical (unpaired) electrons. The Morgan fingerprint density at radius 1 is 1.07 bits per heavy atom. The second-order valence-electron chi connectivity index (χ2n) is 5.80. The lowest BCUT2D eigenvalue weighted by Gasteiger charge is -2.49. The van der Waals surface area contributed by atoms with Crippen LogP contribution in [0.15, 0.2) is 0 Å². The fourth-order valence-corrected chi connectivity index (χ4v) is 4.61. The van der Waals surface area contributed by atoms with Crippen molar-refractivity contribution in [2.75, 3.05) is 6.61 Å². The van der Waals surface area contributed by atoms with E-state index in [4.69, 9.17) is 4.74 Å². The fourth-order valence-electron chi connectivity index (χ4n) is 4.61. The molecule has 3 aliphatic carbocycles. The Morgan fingerprint density at radius 3 is 2.64 bits per heavy atom. The van der Waals surface area contributed by atoms with Gasteiger partial charge in [0, 0.05) is 6.61 Å². The molecule has 6 atom stereocenters. The summed E-state index contributed by atoms with van der Waals surface area (Å²) in [5, 5.41) is 0. The van der Waals surface area contributed by atoms with Gasteiger partial charge in [0.1, 0.15) is 0 Å². The van der Waals surface area contributed by atoms with Crippen LogP contribution in [0, 0.1) is 29.6 Å². The lowest BCUT2D eigenvalue weighted by atomic mass is 9.56. The fraction of sp³-hybridized carbons (Fsp3) is 1.00. The maximum Gasteiger partial charge on any atom is 0.0608 e. The summed E-state index contributed by atoms with van der Waals surface area (Å²) < 4.78 is 5.92. The minimum Gasteiger partial charge on any atom is -0.378 e. The SMILES string of the molecule is CCOC1CC2CC3CC(C)CC1C32. The number of rotatable bonds is 2. The van der Waals surface area contributed by atoms with Crippen LogP contribution >= 0.6 is 0 Å². The zero-order chi connectivity index (χ0) is 9.71. The van der Waals surface area contributed by atoms with Gasteiger partial charge in [-0.1, -0.05) is 6.92 Å². The molecule has 80 valence electrons. The largest absolute Gasteiger partial charge is 0.378 e. The molecule has 0 spiro atoms. The smallest absolute Gasteiger partial charge is 0.0608 e. The summed E-state index contributed by atoms with van der Waals surface area (Å²) in [5.74, 6) is 5.10. The van der Waals surface area contributed by atoms with Crippen LogP contribution < -0.4 is 0 Å². The van der Waals surface area contributed by atoms with Gasteiger partial charge >= 0.3 is 0 Å². The van der Waals surface area contributed by atoms with Crippen LogP contribution in [-0.4, -0.2) is 12.7 Å². The lowest BCUT2D eigenvalue weighted by molar-refractivity contribution is -0.0296.